The molecule has 3 aromatic carbocycles. The molecule has 0 amide bonds. The summed E-state index contributed by atoms with van der Waals surface area (Å²) in [7, 11) is -2.11. The lowest BCUT2D eigenvalue weighted by Crippen LogP contribution is -2.33. The Morgan fingerprint density at radius 2 is 1.83 bits per heavy atom. The van der Waals surface area contributed by atoms with Gasteiger partial charge in [-0.3, -0.25) is 13.9 Å². The number of hydrogen-bond donors (Lipinski definition) is 3. The number of rotatable bonds is 8. The molecule has 2 atom stereocenters. The summed E-state index contributed by atoms with van der Waals surface area (Å²) in [6.07, 6.45) is -4.30. The minimum Gasteiger partial charge on any atom is -0.494 e. The van der Waals surface area contributed by atoms with E-state index >= 15 is 0 Å². The molecule has 0 radical (unpaired) electrons. The second kappa shape index (κ2) is 12.4. The fourth-order valence-corrected chi connectivity index (χ4v) is 8.45. The highest BCUT2D eigenvalue weighted by Crippen LogP contribution is 2.57. The lowest BCUT2D eigenvalue weighted by Gasteiger charge is -2.43. The van der Waals surface area contributed by atoms with E-state index in [1.807, 2.05) is 52.0 Å². The molecular formula is C34H41F3N4O5S. The molecule has 1 aromatic heterocycles. The molecule has 0 bridgehead atoms. The number of hydrogen-bond acceptors (Lipinski definition) is 7. The first kappa shape index (κ1) is 34.7. The van der Waals surface area contributed by atoms with Gasteiger partial charge in [0, 0.05) is 25.6 Å². The number of aromatic nitrogens is 3. The van der Waals surface area contributed by atoms with Gasteiger partial charge in [-0.25, -0.2) is 4.68 Å². The van der Waals surface area contributed by atoms with E-state index in [9.17, 15) is 32.2 Å². The lowest BCUT2D eigenvalue weighted by molar-refractivity contribution is -0.147. The van der Waals surface area contributed by atoms with E-state index in [2.05, 4.69) is 10.3 Å². The Bertz CT molecular complexity index is 1840. The van der Waals surface area contributed by atoms with Crippen LogP contribution >= 0.6 is 10.8 Å². The number of ether oxygens (including phenoxy) is 1. The quantitative estimate of drug-likeness (QED) is 0.172. The maximum Gasteiger partial charge on any atom is 0.416 e. The highest BCUT2D eigenvalue weighted by atomic mass is 32.3. The second-order valence-corrected chi connectivity index (χ2v) is 15.0. The number of carboxylic acids is 1. The largest absolute Gasteiger partial charge is 0.494 e. The molecule has 0 unspecified atom stereocenters. The number of carbonyl (C=O) groups is 1. The molecule has 0 fully saturated rings. The number of aryl methyl sites for hydroxylation is 3. The molecule has 47 heavy (non-hydrogen) atoms. The maximum atomic E-state index is 13.5. The molecule has 9 nitrogen and oxygen atoms in total. The molecule has 0 saturated heterocycles. The van der Waals surface area contributed by atoms with E-state index in [0.29, 0.717) is 28.9 Å². The first-order valence-corrected chi connectivity index (χ1v) is 16.9. The summed E-state index contributed by atoms with van der Waals surface area (Å²) in [6, 6.07) is 10.6. The van der Waals surface area contributed by atoms with Crippen LogP contribution in [0.15, 0.2) is 47.4 Å². The van der Waals surface area contributed by atoms with Gasteiger partial charge < -0.3 is 9.84 Å². The molecular weight excluding hydrogens is 633 g/mol. The maximum absolute atomic E-state index is 13.5. The van der Waals surface area contributed by atoms with Gasteiger partial charge in [-0.1, -0.05) is 30.3 Å². The Balaban J connectivity index is 1.62. The Kier molecular flexibility index (Phi) is 9.17. The van der Waals surface area contributed by atoms with Crippen LogP contribution in [0.2, 0.25) is 0 Å². The molecule has 0 saturated carbocycles. The fraction of sp³-hybridized carbons (Fsp3) is 0.441. The number of halogens is 3. The zero-order chi connectivity index (χ0) is 34.6. The van der Waals surface area contributed by atoms with Gasteiger partial charge in [-0.2, -0.15) is 17.5 Å². The van der Waals surface area contributed by atoms with Crippen molar-refractivity contribution in [3.63, 3.8) is 0 Å². The number of nitrogens with zero attached hydrogens (tertiary/aromatic N) is 4. The van der Waals surface area contributed by atoms with Crippen LogP contribution in [0, 0.1) is 25.2 Å². The zero-order valence-corrected chi connectivity index (χ0v) is 28.3. The summed E-state index contributed by atoms with van der Waals surface area (Å²) >= 11 is 0. The predicted octanol–water partition coefficient (Wildman–Crippen LogP) is 8.06. The van der Waals surface area contributed by atoms with Crippen LogP contribution in [0.25, 0.3) is 11.0 Å². The van der Waals surface area contributed by atoms with Crippen LogP contribution < -0.4 is 4.74 Å². The van der Waals surface area contributed by atoms with Crippen LogP contribution in [-0.2, 0) is 30.5 Å². The topological polar surface area (TPSA) is 121 Å². The average molecular weight is 675 g/mol. The Labute approximate surface area is 273 Å². The SMILES string of the molecule is CCn1nnc2c(C)c([C@H](c3ccc(C)c(CN4C[C@@H](C)Cc5cc(C(F)(F)F)ccc5S4(O)O)c3)C(C)(C)C(=O)O)cc(OC)c21. The van der Waals surface area contributed by atoms with E-state index in [-0.39, 0.29) is 35.9 Å². The van der Waals surface area contributed by atoms with Crippen molar-refractivity contribution in [3.05, 3.63) is 81.4 Å². The third-order valence-electron chi connectivity index (χ3n) is 9.33. The van der Waals surface area contributed by atoms with E-state index in [1.54, 1.807) is 25.6 Å². The molecule has 13 heteroatoms. The van der Waals surface area contributed by atoms with Crippen molar-refractivity contribution in [1.29, 1.82) is 0 Å². The van der Waals surface area contributed by atoms with Crippen molar-refractivity contribution in [2.24, 2.45) is 11.3 Å². The molecule has 254 valence electrons. The Morgan fingerprint density at radius 3 is 2.45 bits per heavy atom. The first-order valence-electron chi connectivity index (χ1n) is 15.4. The highest BCUT2D eigenvalue weighted by molar-refractivity contribution is 8.22. The highest BCUT2D eigenvalue weighted by Gasteiger charge is 2.41. The van der Waals surface area contributed by atoms with Crippen molar-refractivity contribution < 1.29 is 36.9 Å². The molecule has 4 aromatic rings. The number of aliphatic carboxylic acids is 1. The molecule has 5 rings (SSSR count). The molecule has 3 N–H and O–H groups in total. The van der Waals surface area contributed by atoms with E-state index < -0.39 is 39.8 Å². The van der Waals surface area contributed by atoms with E-state index in [0.717, 1.165) is 34.3 Å². The zero-order valence-electron chi connectivity index (χ0n) is 27.5. The smallest absolute Gasteiger partial charge is 0.416 e. The molecule has 2 heterocycles. The van der Waals surface area contributed by atoms with Gasteiger partial charge in [0.2, 0.25) is 0 Å². The van der Waals surface area contributed by atoms with Crippen molar-refractivity contribution >= 4 is 27.8 Å². The second-order valence-electron chi connectivity index (χ2n) is 13.0. The number of fused-ring (bicyclic) bond motifs is 2. The first-order chi connectivity index (χ1) is 21.9. The Hall–Kier alpha value is -3.65. The van der Waals surface area contributed by atoms with Crippen LogP contribution in [0.5, 0.6) is 5.75 Å². The number of benzene rings is 3. The van der Waals surface area contributed by atoms with Crippen LogP contribution in [-0.4, -0.2) is 53.1 Å². The van der Waals surface area contributed by atoms with E-state index in [4.69, 9.17) is 4.74 Å². The fourth-order valence-electron chi connectivity index (χ4n) is 6.65. The third-order valence-corrected chi connectivity index (χ3v) is 11.3. The number of alkyl halides is 3. The summed E-state index contributed by atoms with van der Waals surface area (Å²) in [5.41, 5.74) is 3.22. The number of methoxy groups -OCH3 is 1. The standard InChI is InChI=1S/C34H41F3N4O5S/c1-8-41-31-27(46-7)16-26(21(4)30(31)38-39-41)29(33(5,6)32(42)43)22-10-9-20(3)24(14-22)18-40-17-19(2)13-23-15-25(34(35,36)37)11-12-28(23)47(40,44)45/h9-12,14-16,19,29,44-45H,8,13,17-18H2,1-7H3,(H,42,43)/t19-,29-/m0/s1. The van der Waals surface area contributed by atoms with Crippen molar-refractivity contribution in [1.82, 2.24) is 19.3 Å². The normalized spacial score (nSPS) is 18.4. The monoisotopic (exact) mass is 674 g/mol. The van der Waals surface area contributed by atoms with Gasteiger partial charge in [0.25, 0.3) is 0 Å². The predicted molar refractivity (Wildman–Crippen MR) is 175 cm³/mol. The summed E-state index contributed by atoms with van der Waals surface area (Å²) in [5.74, 6) is -1.34. The Morgan fingerprint density at radius 1 is 1.13 bits per heavy atom. The summed E-state index contributed by atoms with van der Waals surface area (Å²) < 4.78 is 72.7. The van der Waals surface area contributed by atoms with Crippen molar-refractivity contribution in [3.8, 4) is 5.75 Å². The summed E-state index contributed by atoms with van der Waals surface area (Å²) in [6.45, 7) is 11.8. The van der Waals surface area contributed by atoms with Gasteiger partial charge in [0.1, 0.15) is 16.8 Å². The van der Waals surface area contributed by atoms with Crippen LogP contribution in [0.4, 0.5) is 13.2 Å². The summed E-state index contributed by atoms with van der Waals surface area (Å²) in [5, 5.41) is 19.2. The van der Waals surface area contributed by atoms with Gasteiger partial charge in [-0.15, -0.1) is 15.9 Å². The molecule has 0 aliphatic carbocycles. The molecule has 1 aliphatic rings. The average Bonchev–Trinajstić information content (AvgIpc) is 3.40. The van der Waals surface area contributed by atoms with Crippen molar-refractivity contribution in [2.45, 2.75) is 78.0 Å². The minimum atomic E-state index is -4.55. The van der Waals surface area contributed by atoms with Gasteiger partial charge >= 0.3 is 12.1 Å². The van der Waals surface area contributed by atoms with Crippen LogP contribution in [0.3, 0.4) is 0 Å². The van der Waals surface area contributed by atoms with Crippen LogP contribution in [0.1, 0.15) is 72.6 Å². The minimum absolute atomic E-state index is 0.0825. The van der Waals surface area contributed by atoms with Gasteiger partial charge in [0.15, 0.2) is 0 Å². The van der Waals surface area contributed by atoms with Gasteiger partial charge in [-0.05, 0) is 105 Å². The molecule has 0 spiro atoms. The van der Waals surface area contributed by atoms with E-state index in [1.165, 1.54) is 10.4 Å². The number of carboxylic acid groups (broad SMARTS) is 1. The lowest BCUT2D eigenvalue weighted by atomic mass is 9.69. The third kappa shape index (κ3) is 6.21. The molecule has 1 aliphatic heterocycles. The van der Waals surface area contributed by atoms with Gasteiger partial charge in [0.05, 0.1) is 23.0 Å². The summed E-state index contributed by atoms with van der Waals surface area (Å²) in [4.78, 5) is 12.9. The van der Waals surface area contributed by atoms with Crippen molar-refractivity contribution in [2.75, 3.05) is 13.7 Å².